The maximum Gasteiger partial charge on any atom is 0.389 e. The van der Waals surface area contributed by atoms with E-state index in [1.807, 2.05) is 32.1 Å². The highest BCUT2D eigenvalue weighted by atomic mass is 19.4. The summed E-state index contributed by atoms with van der Waals surface area (Å²) >= 11 is 0. The zero-order valence-electron chi connectivity index (χ0n) is 13.5. The van der Waals surface area contributed by atoms with Crippen LogP contribution in [0.1, 0.15) is 38.7 Å². The first-order valence-corrected chi connectivity index (χ1v) is 7.16. The van der Waals surface area contributed by atoms with Gasteiger partial charge in [-0.15, -0.1) is 0 Å². The number of hydrogen-bond acceptors (Lipinski definition) is 2. The van der Waals surface area contributed by atoms with Gasteiger partial charge in [-0.25, -0.2) is 0 Å². The molecule has 0 aliphatic heterocycles. The van der Waals surface area contributed by atoms with Gasteiger partial charge in [0.15, 0.2) is 0 Å². The number of halogens is 3. The Morgan fingerprint density at radius 2 is 1.55 bits per heavy atom. The summed E-state index contributed by atoms with van der Waals surface area (Å²) in [6.45, 7) is 4.00. The summed E-state index contributed by atoms with van der Waals surface area (Å²) in [6.07, 6.45) is -0.578. The zero-order valence-corrected chi connectivity index (χ0v) is 13.5. The second-order valence-corrected chi connectivity index (χ2v) is 5.73. The maximum atomic E-state index is 12.1. The Bertz CT molecular complexity index is 483. The molecule has 0 aliphatic rings. The molecule has 0 bridgehead atoms. The molecular weight excluding hydrogens is 293 g/mol. The van der Waals surface area contributed by atoms with Crippen LogP contribution in [0.3, 0.4) is 0 Å². The third-order valence-electron chi connectivity index (χ3n) is 3.46. The minimum absolute atomic E-state index is 0.109. The van der Waals surface area contributed by atoms with Crippen molar-refractivity contribution in [3.63, 3.8) is 0 Å². The van der Waals surface area contributed by atoms with Crippen LogP contribution >= 0.6 is 0 Å². The van der Waals surface area contributed by atoms with Crippen molar-refractivity contribution in [3.8, 4) is 11.5 Å². The molecule has 0 saturated carbocycles. The van der Waals surface area contributed by atoms with Crippen molar-refractivity contribution in [1.29, 1.82) is 0 Å². The van der Waals surface area contributed by atoms with E-state index in [0.717, 1.165) is 5.56 Å². The number of alkyl halides is 3. The topological polar surface area (TPSA) is 18.5 Å². The average molecular weight is 316 g/mol. The molecule has 0 aliphatic carbocycles. The molecule has 1 aromatic carbocycles. The molecule has 0 spiro atoms. The van der Waals surface area contributed by atoms with E-state index in [2.05, 4.69) is 0 Å². The molecule has 0 atom stereocenters. The van der Waals surface area contributed by atoms with Gasteiger partial charge in [0.1, 0.15) is 11.5 Å². The predicted octanol–water partition coefficient (Wildman–Crippen LogP) is 5.27. The van der Waals surface area contributed by atoms with E-state index in [0.29, 0.717) is 17.9 Å². The van der Waals surface area contributed by atoms with Crippen LogP contribution in [0, 0.1) is 0 Å². The summed E-state index contributed by atoms with van der Waals surface area (Å²) in [5, 5.41) is 0. The van der Waals surface area contributed by atoms with Crippen LogP contribution in [0.4, 0.5) is 13.2 Å². The fourth-order valence-corrected chi connectivity index (χ4v) is 2.07. The van der Waals surface area contributed by atoms with E-state index in [1.54, 1.807) is 26.4 Å². The van der Waals surface area contributed by atoms with Crippen LogP contribution in [0.2, 0.25) is 0 Å². The normalized spacial score (nSPS) is 12.7. The highest BCUT2D eigenvalue weighted by molar-refractivity contribution is 5.43. The molecule has 1 aromatic rings. The van der Waals surface area contributed by atoms with Gasteiger partial charge < -0.3 is 9.47 Å². The Morgan fingerprint density at radius 3 is 2.00 bits per heavy atom. The van der Waals surface area contributed by atoms with E-state index in [-0.39, 0.29) is 11.8 Å². The number of rotatable bonds is 7. The van der Waals surface area contributed by atoms with Gasteiger partial charge in [0.25, 0.3) is 0 Å². The minimum atomic E-state index is -4.08. The predicted molar refractivity (Wildman–Crippen MR) is 81.6 cm³/mol. The lowest BCUT2D eigenvalue weighted by molar-refractivity contribution is -0.135. The highest BCUT2D eigenvalue weighted by Gasteiger charge is 2.25. The smallest absolute Gasteiger partial charge is 0.389 e. The molecular formula is C17H23F3O2. The lowest BCUT2D eigenvalue weighted by Crippen LogP contribution is -2.14. The summed E-state index contributed by atoms with van der Waals surface area (Å²) in [5.41, 5.74) is 0.663. The van der Waals surface area contributed by atoms with Crippen molar-refractivity contribution < 1.29 is 22.6 Å². The summed E-state index contributed by atoms with van der Waals surface area (Å²) in [7, 11) is 3.16. The van der Waals surface area contributed by atoms with Crippen LogP contribution in [0.15, 0.2) is 30.4 Å². The second-order valence-electron chi connectivity index (χ2n) is 5.73. The molecule has 2 nitrogen and oxygen atoms in total. The van der Waals surface area contributed by atoms with Crippen molar-refractivity contribution in [2.75, 3.05) is 14.2 Å². The molecule has 0 unspecified atom stereocenters. The van der Waals surface area contributed by atoms with Gasteiger partial charge in [-0.05, 0) is 30.5 Å². The van der Waals surface area contributed by atoms with Gasteiger partial charge in [-0.1, -0.05) is 26.0 Å². The molecule has 0 fully saturated rings. The van der Waals surface area contributed by atoms with Crippen LogP contribution in [0.5, 0.6) is 11.5 Å². The first-order chi connectivity index (χ1) is 10.2. The lowest BCUT2D eigenvalue weighted by atomic mass is 9.84. The standard InChI is InChI=1S/C17H23F3O2/c1-16(2,8-6-5-7-9-17(18,19)20)13-10-14(21-3)12-15(11-13)22-4/h6,8,10-12H,5,7,9H2,1-4H3/b8-6-. The summed E-state index contributed by atoms with van der Waals surface area (Å²) in [6, 6.07) is 5.60. The fourth-order valence-electron chi connectivity index (χ4n) is 2.07. The van der Waals surface area contributed by atoms with Crippen molar-refractivity contribution in [2.24, 2.45) is 0 Å². The first kappa shape index (κ1) is 18.4. The zero-order chi connectivity index (χ0) is 16.8. The highest BCUT2D eigenvalue weighted by Crippen LogP contribution is 2.32. The molecule has 0 radical (unpaired) electrons. The van der Waals surface area contributed by atoms with Crippen molar-refractivity contribution in [3.05, 3.63) is 35.9 Å². The van der Waals surface area contributed by atoms with E-state index < -0.39 is 12.6 Å². The monoisotopic (exact) mass is 316 g/mol. The average Bonchev–Trinajstić information content (AvgIpc) is 2.44. The van der Waals surface area contributed by atoms with Crippen molar-refractivity contribution in [2.45, 2.75) is 44.7 Å². The Hall–Kier alpha value is -1.65. The minimum Gasteiger partial charge on any atom is -0.497 e. The summed E-state index contributed by atoms with van der Waals surface area (Å²) < 4.78 is 46.8. The molecule has 22 heavy (non-hydrogen) atoms. The third kappa shape index (κ3) is 6.00. The number of benzene rings is 1. The Morgan fingerprint density at radius 1 is 1.00 bits per heavy atom. The lowest BCUT2D eigenvalue weighted by Gasteiger charge is -2.22. The van der Waals surface area contributed by atoms with Gasteiger partial charge in [0, 0.05) is 17.9 Å². The summed E-state index contributed by atoms with van der Waals surface area (Å²) in [5.74, 6) is 1.38. The van der Waals surface area contributed by atoms with Gasteiger partial charge in [0.05, 0.1) is 14.2 Å². The van der Waals surface area contributed by atoms with Crippen LogP contribution in [-0.2, 0) is 5.41 Å². The fraction of sp³-hybridized carbons (Fsp3) is 0.529. The number of methoxy groups -OCH3 is 2. The van der Waals surface area contributed by atoms with Crippen LogP contribution in [-0.4, -0.2) is 20.4 Å². The number of unbranched alkanes of at least 4 members (excludes halogenated alkanes) is 1. The number of allylic oxidation sites excluding steroid dienone is 2. The molecule has 0 N–H and O–H groups in total. The van der Waals surface area contributed by atoms with Crippen LogP contribution in [0.25, 0.3) is 0 Å². The van der Waals surface area contributed by atoms with Gasteiger partial charge >= 0.3 is 6.18 Å². The number of hydrogen-bond donors (Lipinski definition) is 0. The number of ether oxygens (including phenoxy) is 2. The molecule has 0 heterocycles. The van der Waals surface area contributed by atoms with E-state index in [9.17, 15) is 13.2 Å². The quantitative estimate of drug-likeness (QED) is 0.504. The molecule has 124 valence electrons. The maximum absolute atomic E-state index is 12.1. The van der Waals surface area contributed by atoms with Crippen molar-refractivity contribution >= 4 is 0 Å². The SMILES string of the molecule is COc1cc(OC)cc(C(C)(C)/C=C\CCCC(F)(F)F)c1. The van der Waals surface area contributed by atoms with E-state index in [4.69, 9.17) is 9.47 Å². The van der Waals surface area contributed by atoms with Crippen LogP contribution < -0.4 is 9.47 Å². The third-order valence-corrected chi connectivity index (χ3v) is 3.46. The van der Waals surface area contributed by atoms with Gasteiger partial charge in [0.2, 0.25) is 0 Å². The van der Waals surface area contributed by atoms with Gasteiger partial charge in [-0.2, -0.15) is 13.2 Å². The summed E-state index contributed by atoms with van der Waals surface area (Å²) in [4.78, 5) is 0. The Balaban J connectivity index is 2.76. The molecule has 0 amide bonds. The molecule has 0 saturated heterocycles. The van der Waals surface area contributed by atoms with E-state index >= 15 is 0 Å². The molecule has 1 rings (SSSR count). The second kappa shape index (κ2) is 7.56. The Kier molecular flexibility index (Phi) is 6.33. The molecule has 5 heteroatoms. The Labute approximate surface area is 129 Å². The van der Waals surface area contributed by atoms with E-state index in [1.165, 1.54) is 0 Å². The van der Waals surface area contributed by atoms with Gasteiger partial charge in [-0.3, -0.25) is 0 Å². The van der Waals surface area contributed by atoms with Crippen molar-refractivity contribution in [1.82, 2.24) is 0 Å². The molecule has 0 aromatic heterocycles. The largest absolute Gasteiger partial charge is 0.497 e. The first-order valence-electron chi connectivity index (χ1n) is 7.16.